The standard InChI is InChI=1S/C21H27N7.HI/c1-22-21(23-11-10-20-25-24-19-9-5-6-12-28(19)20)27-15-13-26(14-16-27)17-18-7-3-2-4-8-18;/h2-9,12H,10-11,13-17H2,1H3,(H,22,23);1H. The average Bonchev–Trinajstić information content (AvgIpc) is 3.16. The van der Waals surface area contributed by atoms with Crippen LogP contribution in [0.5, 0.6) is 0 Å². The maximum atomic E-state index is 4.47. The summed E-state index contributed by atoms with van der Waals surface area (Å²) in [6.45, 7) is 5.86. The Morgan fingerprint density at radius 2 is 1.76 bits per heavy atom. The molecule has 7 nitrogen and oxygen atoms in total. The molecule has 0 bridgehead atoms. The molecule has 1 N–H and O–H groups in total. The lowest BCUT2D eigenvalue weighted by molar-refractivity contribution is 0.172. The van der Waals surface area contributed by atoms with Gasteiger partial charge in [-0.15, -0.1) is 34.2 Å². The highest BCUT2D eigenvalue weighted by Crippen LogP contribution is 2.09. The molecular weight excluding hydrogens is 477 g/mol. The summed E-state index contributed by atoms with van der Waals surface area (Å²) in [6.07, 6.45) is 2.81. The summed E-state index contributed by atoms with van der Waals surface area (Å²) in [6, 6.07) is 16.6. The third-order valence-corrected chi connectivity index (χ3v) is 5.15. The van der Waals surface area contributed by atoms with Gasteiger partial charge in [-0.05, 0) is 17.7 Å². The van der Waals surface area contributed by atoms with E-state index in [-0.39, 0.29) is 24.0 Å². The van der Waals surface area contributed by atoms with Gasteiger partial charge >= 0.3 is 0 Å². The van der Waals surface area contributed by atoms with Gasteiger partial charge < -0.3 is 10.2 Å². The normalized spacial score (nSPS) is 15.3. The van der Waals surface area contributed by atoms with Crippen LogP contribution in [0.4, 0.5) is 0 Å². The Morgan fingerprint density at radius 1 is 1.00 bits per heavy atom. The fourth-order valence-electron chi connectivity index (χ4n) is 3.64. The summed E-state index contributed by atoms with van der Waals surface area (Å²) < 4.78 is 2.03. The molecule has 1 saturated heterocycles. The van der Waals surface area contributed by atoms with Gasteiger partial charge in [0.05, 0.1) is 0 Å². The van der Waals surface area contributed by atoms with Gasteiger partial charge in [-0.2, -0.15) is 0 Å². The van der Waals surface area contributed by atoms with Gasteiger partial charge in [-0.25, -0.2) is 0 Å². The second kappa shape index (κ2) is 10.5. The van der Waals surface area contributed by atoms with Crippen LogP contribution in [-0.4, -0.2) is 70.1 Å². The van der Waals surface area contributed by atoms with Crippen molar-refractivity contribution in [3.05, 3.63) is 66.1 Å². The van der Waals surface area contributed by atoms with E-state index in [9.17, 15) is 0 Å². The van der Waals surface area contributed by atoms with Gasteiger partial charge in [0.1, 0.15) is 5.82 Å². The molecule has 154 valence electrons. The van der Waals surface area contributed by atoms with Crippen LogP contribution in [0.15, 0.2) is 59.7 Å². The van der Waals surface area contributed by atoms with Crippen molar-refractivity contribution in [2.75, 3.05) is 39.8 Å². The van der Waals surface area contributed by atoms with Crippen molar-refractivity contribution in [1.29, 1.82) is 0 Å². The Balaban J connectivity index is 0.00000240. The summed E-state index contributed by atoms with van der Waals surface area (Å²) in [7, 11) is 1.85. The number of pyridine rings is 1. The first-order valence-corrected chi connectivity index (χ1v) is 9.84. The number of piperazine rings is 1. The third kappa shape index (κ3) is 5.45. The molecule has 29 heavy (non-hydrogen) atoms. The minimum atomic E-state index is 0. The van der Waals surface area contributed by atoms with Gasteiger partial charge in [0.25, 0.3) is 0 Å². The number of hydrogen-bond donors (Lipinski definition) is 1. The third-order valence-electron chi connectivity index (χ3n) is 5.15. The number of guanidine groups is 1. The van der Waals surface area contributed by atoms with Crippen LogP contribution in [0, 0.1) is 0 Å². The SMILES string of the molecule is CN=C(NCCc1nnc2ccccn12)N1CCN(Cc2ccccc2)CC1.I. The molecule has 1 aromatic carbocycles. The van der Waals surface area contributed by atoms with E-state index < -0.39 is 0 Å². The first-order valence-electron chi connectivity index (χ1n) is 9.84. The first kappa shape index (κ1) is 21.5. The van der Waals surface area contributed by atoms with Crippen molar-refractivity contribution < 1.29 is 0 Å². The smallest absolute Gasteiger partial charge is 0.193 e. The van der Waals surface area contributed by atoms with E-state index in [1.807, 2.05) is 35.8 Å². The zero-order valence-corrected chi connectivity index (χ0v) is 19.1. The summed E-state index contributed by atoms with van der Waals surface area (Å²) in [5, 5.41) is 12.0. The van der Waals surface area contributed by atoms with E-state index in [2.05, 4.69) is 60.6 Å². The highest BCUT2D eigenvalue weighted by molar-refractivity contribution is 14.0. The van der Waals surface area contributed by atoms with Gasteiger partial charge in [0.2, 0.25) is 0 Å². The zero-order chi connectivity index (χ0) is 19.2. The molecule has 8 heteroatoms. The molecule has 0 saturated carbocycles. The van der Waals surface area contributed by atoms with E-state index in [0.717, 1.165) is 63.1 Å². The van der Waals surface area contributed by atoms with E-state index in [1.165, 1.54) is 5.56 Å². The van der Waals surface area contributed by atoms with Crippen LogP contribution < -0.4 is 5.32 Å². The molecule has 3 heterocycles. The lowest BCUT2D eigenvalue weighted by atomic mass is 10.2. The Bertz CT molecular complexity index is 917. The van der Waals surface area contributed by atoms with Crippen molar-refractivity contribution in [2.24, 2.45) is 4.99 Å². The number of hydrogen-bond acceptors (Lipinski definition) is 4. The molecule has 0 aliphatic carbocycles. The molecule has 0 amide bonds. The van der Waals surface area contributed by atoms with Crippen LogP contribution in [0.1, 0.15) is 11.4 Å². The van der Waals surface area contributed by atoms with Crippen LogP contribution in [-0.2, 0) is 13.0 Å². The largest absolute Gasteiger partial charge is 0.356 e. The number of aliphatic imine (C=N–C) groups is 1. The predicted octanol–water partition coefficient (Wildman–Crippen LogP) is 2.28. The maximum Gasteiger partial charge on any atom is 0.193 e. The Morgan fingerprint density at radius 3 is 2.52 bits per heavy atom. The second-order valence-electron chi connectivity index (χ2n) is 7.02. The topological polar surface area (TPSA) is 61.1 Å². The second-order valence-corrected chi connectivity index (χ2v) is 7.02. The van der Waals surface area contributed by atoms with Crippen LogP contribution >= 0.6 is 24.0 Å². The minimum Gasteiger partial charge on any atom is -0.356 e. The van der Waals surface area contributed by atoms with Gasteiger partial charge in [0.15, 0.2) is 11.6 Å². The monoisotopic (exact) mass is 505 g/mol. The van der Waals surface area contributed by atoms with E-state index in [1.54, 1.807) is 0 Å². The number of nitrogens with one attached hydrogen (secondary N) is 1. The summed E-state index contributed by atoms with van der Waals surface area (Å²) in [5.41, 5.74) is 2.26. The summed E-state index contributed by atoms with van der Waals surface area (Å²) in [4.78, 5) is 9.31. The Labute approximate surface area is 188 Å². The average molecular weight is 505 g/mol. The minimum absolute atomic E-state index is 0. The predicted molar refractivity (Wildman–Crippen MR) is 127 cm³/mol. The fourth-order valence-corrected chi connectivity index (χ4v) is 3.64. The number of aromatic nitrogens is 3. The number of rotatable bonds is 5. The van der Waals surface area contributed by atoms with Gasteiger partial charge in [-0.3, -0.25) is 14.3 Å². The van der Waals surface area contributed by atoms with Gasteiger partial charge in [0, 0.05) is 58.9 Å². The summed E-state index contributed by atoms with van der Waals surface area (Å²) in [5.74, 6) is 1.93. The molecule has 3 aromatic rings. The molecule has 0 radical (unpaired) electrons. The molecule has 0 unspecified atom stereocenters. The molecule has 1 aliphatic rings. The lowest BCUT2D eigenvalue weighted by Crippen LogP contribution is -2.52. The lowest BCUT2D eigenvalue weighted by Gasteiger charge is -2.36. The molecule has 0 spiro atoms. The zero-order valence-electron chi connectivity index (χ0n) is 16.7. The van der Waals surface area contributed by atoms with E-state index in [0.29, 0.717) is 0 Å². The van der Waals surface area contributed by atoms with Crippen molar-refractivity contribution >= 4 is 35.6 Å². The van der Waals surface area contributed by atoms with Crippen LogP contribution in [0.2, 0.25) is 0 Å². The first-order chi connectivity index (χ1) is 13.8. The van der Waals surface area contributed by atoms with E-state index in [4.69, 9.17) is 0 Å². The molecular formula is C21H28IN7. The van der Waals surface area contributed by atoms with E-state index >= 15 is 0 Å². The number of halogens is 1. The van der Waals surface area contributed by atoms with Crippen molar-refractivity contribution in [3.8, 4) is 0 Å². The fraction of sp³-hybridized carbons (Fsp3) is 0.381. The molecule has 4 rings (SSSR count). The highest BCUT2D eigenvalue weighted by Gasteiger charge is 2.19. The maximum absolute atomic E-state index is 4.47. The molecule has 1 fully saturated rings. The van der Waals surface area contributed by atoms with Crippen molar-refractivity contribution in [1.82, 2.24) is 29.7 Å². The molecule has 2 aromatic heterocycles. The van der Waals surface area contributed by atoms with Gasteiger partial charge in [-0.1, -0.05) is 36.4 Å². The molecule has 1 aliphatic heterocycles. The Kier molecular flexibility index (Phi) is 7.82. The quantitative estimate of drug-likeness (QED) is 0.328. The van der Waals surface area contributed by atoms with Crippen molar-refractivity contribution in [2.45, 2.75) is 13.0 Å². The van der Waals surface area contributed by atoms with Crippen LogP contribution in [0.25, 0.3) is 5.65 Å². The van der Waals surface area contributed by atoms with Crippen LogP contribution in [0.3, 0.4) is 0 Å². The summed E-state index contributed by atoms with van der Waals surface area (Å²) >= 11 is 0. The molecule has 0 atom stereocenters. The Hall–Kier alpha value is -2.20. The van der Waals surface area contributed by atoms with Crippen molar-refractivity contribution in [3.63, 3.8) is 0 Å². The highest BCUT2D eigenvalue weighted by atomic mass is 127. The number of nitrogens with zero attached hydrogens (tertiary/aromatic N) is 6. The number of benzene rings is 1. The number of fused-ring (bicyclic) bond motifs is 1.